The average Bonchev–Trinajstić information content (AvgIpc) is 3.63. The summed E-state index contributed by atoms with van der Waals surface area (Å²) in [7, 11) is 0. The maximum absolute atomic E-state index is 4.97. The van der Waals surface area contributed by atoms with Crippen LogP contribution in [0.5, 0.6) is 0 Å². The fourth-order valence-electron chi connectivity index (χ4n) is 4.36. The van der Waals surface area contributed by atoms with Crippen molar-refractivity contribution in [2.24, 2.45) is 16.8 Å². The van der Waals surface area contributed by atoms with Crippen molar-refractivity contribution < 1.29 is 0 Å². The molecule has 0 saturated heterocycles. The zero-order chi connectivity index (χ0) is 19.8. The molecular weight excluding hydrogens is 352 g/mol. The van der Waals surface area contributed by atoms with Crippen LogP contribution in [-0.4, -0.2) is 17.3 Å². The van der Waals surface area contributed by atoms with E-state index in [1.54, 1.807) is 0 Å². The first-order valence-corrected chi connectivity index (χ1v) is 11.1. The van der Waals surface area contributed by atoms with Crippen LogP contribution in [0.1, 0.15) is 56.6 Å². The highest BCUT2D eigenvalue weighted by Gasteiger charge is 2.26. The quantitative estimate of drug-likeness (QED) is 0.413. The Hall–Kier alpha value is -2.61. The minimum atomic E-state index is 0.228. The zero-order valence-corrected chi connectivity index (χ0v) is 17.5. The molecule has 4 aliphatic rings. The van der Waals surface area contributed by atoms with Crippen molar-refractivity contribution in [2.75, 3.05) is 0 Å². The summed E-state index contributed by atoms with van der Waals surface area (Å²) in [5.41, 5.74) is 6.62. The van der Waals surface area contributed by atoms with Gasteiger partial charge >= 0.3 is 0 Å². The van der Waals surface area contributed by atoms with E-state index in [4.69, 9.17) is 4.99 Å². The zero-order valence-electron chi connectivity index (χ0n) is 17.5. The van der Waals surface area contributed by atoms with Gasteiger partial charge in [-0.15, -0.1) is 0 Å². The third kappa shape index (κ3) is 4.07. The van der Waals surface area contributed by atoms with Crippen molar-refractivity contribution in [1.29, 1.82) is 0 Å². The number of hydrogen-bond donors (Lipinski definition) is 0. The van der Waals surface area contributed by atoms with Crippen LogP contribution in [0, 0.1) is 11.8 Å². The summed E-state index contributed by atoms with van der Waals surface area (Å²) < 4.78 is 0. The van der Waals surface area contributed by atoms with Gasteiger partial charge in [0.15, 0.2) is 0 Å². The third-order valence-corrected chi connectivity index (χ3v) is 6.52. The van der Waals surface area contributed by atoms with Gasteiger partial charge in [-0.2, -0.15) is 0 Å². The molecular formula is C27H30N2. The number of nitrogens with zero attached hydrogens (tertiary/aromatic N) is 2. The van der Waals surface area contributed by atoms with E-state index in [9.17, 15) is 0 Å². The fourth-order valence-corrected chi connectivity index (χ4v) is 4.36. The molecule has 0 radical (unpaired) electrons. The molecule has 0 aromatic heterocycles. The molecule has 1 fully saturated rings. The van der Waals surface area contributed by atoms with Gasteiger partial charge in [-0.1, -0.05) is 61.6 Å². The third-order valence-electron chi connectivity index (χ3n) is 6.52. The average molecular weight is 383 g/mol. The van der Waals surface area contributed by atoms with Crippen molar-refractivity contribution >= 4 is 11.8 Å². The van der Waals surface area contributed by atoms with Crippen LogP contribution in [0.3, 0.4) is 0 Å². The molecule has 1 unspecified atom stereocenters. The Morgan fingerprint density at radius 2 is 2.03 bits per heavy atom. The van der Waals surface area contributed by atoms with Gasteiger partial charge in [0, 0.05) is 30.1 Å². The van der Waals surface area contributed by atoms with E-state index in [1.807, 2.05) is 0 Å². The first kappa shape index (κ1) is 18.4. The highest BCUT2D eigenvalue weighted by Crippen LogP contribution is 2.41. The maximum atomic E-state index is 4.97. The standard InChI is InChI=1S/C27H30N2/c1-19-6-3-4-15-29-18-25(17-28-27(19)29)26(14-11-21-9-10-21)20(2)23-7-5-8-24(16-23)22-12-13-22/h4-5,7-11,14-19,21-22,27H,3,6,12-13H2,1-2H3/b14-11-,26-20-/t19-,27?/m0/s1. The Morgan fingerprint density at radius 1 is 1.17 bits per heavy atom. The van der Waals surface area contributed by atoms with Crippen LogP contribution in [0.2, 0.25) is 0 Å². The van der Waals surface area contributed by atoms with Crippen molar-refractivity contribution in [1.82, 2.24) is 4.90 Å². The lowest BCUT2D eigenvalue weighted by Crippen LogP contribution is -2.32. The molecule has 2 aliphatic carbocycles. The van der Waals surface area contributed by atoms with E-state index in [2.05, 4.69) is 92.0 Å². The first-order valence-electron chi connectivity index (χ1n) is 11.1. The van der Waals surface area contributed by atoms with Crippen LogP contribution >= 0.6 is 0 Å². The molecule has 148 valence electrons. The lowest BCUT2D eigenvalue weighted by Gasteiger charge is -2.31. The predicted molar refractivity (Wildman–Crippen MR) is 123 cm³/mol. The van der Waals surface area contributed by atoms with Gasteiger partial charge in [0.05, 0.1) is 0 Å². The molecule has 0 amide bonds. The van der Waals surface area contributed by atoms with Gasteiger partial charge in [0.2, 0.25) is 0 Å². The van der Waals surface area contributed by atoms with Gasteiger partial charge in [0.25, 0.3) is 0 Å². The molecule has 29 heavy (non-hydrogen) atoms. The van der Waals surface area contributed by atoms with E-state index in [-0.39, 0.29) is 6.17 Å². The SMILES string of the molecule is C/C(=C(\C=C/C1C=C1)C1=CN2C=CCC[C@H](C)C2N=C1)c1cccc(C2CC2)c1. The van der Waals surface area contributed by atoms with Gasteiger partial charge in [-0.25, -0.2) is 0 Å². The van der Waals surface area contributed by atoms with E-state index >= 15 is 0 Å². The van der Waals surface area contributed by atoms with E-state index < -0.39 is 0 Å². The van der Waals surface area contributed by atoms with Crippen LogP contribution < -0.4 is 0 Å². The Balaban J connectivity index is 1.53. The first-order chi connectivity index (χ1) is 14.2. The smallest absolute Gasteiger partial charge is 0.127 e. The van der Waals surface area contributed by atoms with Gasteiger partial charge < -0.3 is 4.90 Å². The number of hydrogen-bond acceptors (Lipinski definition) is 2. The van der Waals surface area contributed by atoms with E-state index in [0.29, 0.717) is 11.8 Å². The topological polar surface area (TPSA) is 15.6 Å². The summed E-state index contributed by atoms with van der Waals surface area (Å²) in [5, 5.41) is 0. The molecule has 1 aromatic carbocycles. The summed E-state index contributed by atoms with van der Waals surface area (Å²) in [6, 6.07) is 9.15. The number of allylic oxidation sites excluding steroid dienone is 8. The summed E-state index contributed by atoms with van der Waals surface area (Å²) in [4.78, 5) is 7.28. The number of aliphatic imine (C=N–C) groups is 1. The fraction of sp³-hybridized carbons (Fsp3) is 0.370. The van der Waals surface area contributed by atoms with Crippen LogP contribution in [0.4, 0.5) is 0 Å². The number of benzene rings is 1. The van der Waals surface area contributed by atoms with Gasteiger partial charge in [0.1, 0.15) is 6.17 Å². The van der Waals surface area contributed by atoms with Crippen molar-refractivity contribution in [2.45, 2.75) is 51.6 Å². The molecule has 2 heteroatoms. The van der Waals surface area contributed by atoms with Crippen LogP contribution in [0.15, 0.2) is 83.2 Å². The Bertz CT molecular complexity index is 962. The molecule has 2 heterocycles. The van der Waals surface area contributed by atoms with E-state index in [0.717, 1.165) is 12.3 Å². The minimum absolute atomic E-state index is 0.228. The Kier molecular flexibility index (Phi) is 4.87. The second-order valence-corrected chi connectivity index (χ2v) is 8.92. The maximum Gasteiger partial charge on any atom is 0.127 e. The van der Waals surface area contributed by atoms with Gasteiger partial charge in [-0.3, -0.25) is 4.99 Å². The van der Waals surface area contributed by atoms with Crippen molar-refractivity contribution in [3.8, 4) is 0 Å². The van der Waals surface area contributed by atoms with Crippen LogP contribution in [0.25, 0.3) is 5.57 Å². The molecule has 5 rings (SSSR count). The largest absolute Gasteiger partial charge is 0.331 e. The van der Waals surface area contributed by atoms with Crippen molar-refractivity contribution in [3.05, 3.63) is 89.3 Å². The van der Waals surface area contributed by atoms with Gasteiger partial charge in [-0.05, 0) is 66.7 Å². The van der Waals surface area contributed by atoms with E-state index in [1.165, 1.54) is 47.1 Å². The molecule has 0 N–H and O–H groups in total. The highest BCUT2D eigenvalue weighted by atomic mass is 15.2. The summed E-state index contributed by atoms with van der Waals surface area (Å²) in [6.45, 7) is 4.57. The minimum Gasteiger partial charge on any atom is -0.331 e. The molecule has 2 nitrogen and oxygen atoms in total. The monoisotopic (exact) mass is 382 g/mol. The molecule has 1 aromatic rings. The molecule has 1 saturated carbocycles. The summed E-state index contributed by atoms with van der Waals surface area (Å²) >= 11 is 0. The Morgan fingerprint density at radius 3 is 2.83 bits per heavy atom. The second kappa shape index (κ2) is 7.67. The lowest BCUT2D eigenvalue weighted by atomic mass is 9.93. The normalized spacial score (nSPS) is 27.0. The molecule has 2 atom stereocenters. The second-order valence-electron chi connectivity index (χ2n) is 8.92. The Labute approximate surface area is 174 Å². The summed E-state index contributed by atoms with van der Waals surface area (Å²) in [5.74, 6) is 1.86. The molecule has 0 bridgehead atoms. The predicted octanol–water partition coefficient (Wildman–Crippen LogP) is 6.62. The van der Waals surface area contributed by atoms with Crippen molar-refractivity contribution in [3.63, 3.8) is 0 Å². The molecule has 0 spiro atoms. The lowest BCUT2D eigenvalue weighted by molar-refractivity contribution is 0.276. The number of rotatable bonds is 5. The summed E-state index contributed by atoms with van der Waals surface area (Å²) in [6.07, 6.45) is 23.2. The number of fused-ring (bicyclic) bond motifs is 1. The highest BCUT2D eigenvalue weighted by molar-refractivity contribution is 5.92. The van der Waals surface area contributed by atoms with Crippen LogP contribution in [-0.2, 0) is 0 Å². The molecule has 2 aliphatic heterocycles.